The van der Waals surface area contributed by atoms with Crippen LogP contribution in [0, 0.1) is 5.92 Å². The molecular formula is C33H57N2+. The van der Waals surface area contributed by atoms with E-state index in [1.54, 1.807) is 0 Å². The minimum atomic E-state index is 0.607. The van der Waals surface area contributed by atoms with Crippen LogP contribution >= 0.6 is 0 Å². The number of hydrogen-bond donors (Lipinski definition) is 1. The van der Waals surface area contributed by atoms with Crippen molar-refractivity contribution in [2.75, 3.05) is 0 Å². The number of H-pyrrole nitrogens is 1. The fourth-order valence-electron chi connectivity index (χ4n) is 5.69. The fourth-order valence-corrected chi connectivity index (χ4v) is 5.69. The maximum atomic E-state index is 3.32. The lowest BCUT2D eigenvalue weighted by atomic mass is 9.84. The maximum absolute atomic E-state index is 3.32. The van der Waals surface area contributed by atoms with Crippen molar-refractivity contribution in [3.05, 3.63) is 54.6 Å². The minimum absolute atomic E-state index is 0.607. The summed E-state index contributed by atoms with van der Waals surface area (Å²) in [6.07, 6.45) is 34.4. The molecule has 2 atom stereocenters. The molecule has 0 aliphatic heterocycles. The molecular weight excluding hydrogens is 424 g/mol. The van der Waals surface area contributed by atoms with Crippen molar-refractivity contribution in [1.29, 1.82) is 0 Å². The van der Waals surface area contributed by atoms with Gasteiger partial charge in [-0.2, -0.15) is 0 Å². The molecule has 1 aromatic carbocycles. The molecule has 0 aliphatic carbocycles. The number of imidazole rings is 1. The standard InChI is InChI=1S/C33H56N2/c1-3-5-7-9-11-12-13-14-15-16-21-25-32(29-31-23-19-18-20-24-31)33(35-28-27-34-30-35)26-22-17-10-8-6-4-2/h18-20,23-24,27-28,30,32-33H,3-17,21-22,25-26,29H2,1-2H3/p+1. The first kappa shape index (κ1) is 29.7. The van der Waals surface area contributed by atoms with Crippen LogP contribution in [0.1, 0.15) is 147 Å². The van der Waals surface area contributed by atoms with Crippen LogP contribution < -0.4 is 4.57 Å². The van der Waals surface area contributed by atoms with E-state index in [1.807, 2.05) is 0 Å². The van der Waals surface area contributed by atoms with Gasteiger partial charge >= 0.3 is 0 Å². The minimum Gasteiger partial charge on any atom is -0.250 e. The molecule has 2 rings (SSSR count). The first-order valence-corrected chi connectivity index (χ1v) is 15.4. The van der Waals surface area contributed by atoms with E-state index < -0.39 is 0 Å². The summed E-state index contributed by atoms with van der Waals surface area (Å²) in [5, 5.41) is 0. The Kier molecular flexibility index (Phi) is 17.5. The maximum Gasteiger partial charge on any atom is 0.241 e. The average Bonchev–Trinajstić information content (AvgIpc) is 3.41. The molecule has 2 heteroatoms. The molecule has 198 valence electrons. The summed E-state index contributed by atoms with van der Waals surface area (Å²) >= 11 is 0. The van der Waals surface area contributed by atoms with Gasteiger partial charge in [0, 0.05) is 5.92 Å². The van der Waals surface area contributed by atoms with Crippen LogP contribution in [-0.4, -0.2) is 4.98 Å². The van der Waals surface area contributed by atoms with Crippen LogP contribution in [0.4, 0.5) is 0 Å². The van der Waals surface area contributed by atoms with Crippen molar-refractivity contribution in [2.45, 2.75) is 148 Å². The van der Waals surface area contributed by atoms with Gasteiger partial charge in [-0.25, -0.2) is 4.57 Å². The van der Waals surface area contributed by atoms with Gasteiger partial charge in [0.1, 0.15) is 18.4 Å². The lowest BCUT2D eigenvalue weighted by Gasteiger charge is -2.25. The molecule has 0 fully saturated rings. The zero-order chi connectivity index (χ0) is 24.8. The summed E-state index contributed by atoms with van der Waals surface area (Å²) in [6, 6.07) is 11.8. The van der Waals surface area contributed by atoms with E-state index in [4.69, 9.17) is 0 Å². The second-order valence-electron chi connectivity index (χ2n) is 11.0. The third-order valence-corrected chi connectivity index (χ3v) is 7.87. The lowest BCUT2D eigenvalue weighted by Crippen LogP contribution is -2.42. The number of unbranched alkanes of at least 4 members (excludes halogenated alkanes) is 15. The molecule has 0 radical (unpaired) electrons. The highest BCUT2D eigenvalue weighted by molar-refractivity contribution is 5.15. The van der Waals surface area contributed by atoms with Crippen LogP contribution in [0.5, 0.6) is 0 Å². The van der Waals surface area contributed by atoms with Gasteiger partial charge in [-0.15, -0.1) is 0 Å². The van der Waals surface area contributed by atoms with Crippen LogP contribution in [-0.2, 0) is 6.42 Å². The summed E-state index contributed by atoms with van der Waals surface area (Å²) in [5.41, 5.74) is 1.50. The van der Waals surface area contributed by atoms with E-state index in [1.165, 1.54) is 134 Å². The topological polar surface area (TPSA) is 19.7 Å². The van der Waals surface area contributed by atoms with Crippen molar-refractivity contribution in [3.63, 3.8) is 0 Å². The molecule has 0 amide bonds. The molecule has 2 aromatic rings. The normalized spacial score (nSPS) is 13.2. The summed E-state index contributed by atoms with van der Waals surface area (Å²) in [7, 11) is 0. The molecule has 0 bridgehead atoms. The molecule has 2 nitrogen and oxygen atoms in total. The number of benzene rings is 1. The molecule has 0 aliphatic rings. The second-order valence-corrected chi connectivity index (χ2v) is 11.0. The van der Waals surface area contributed by atoms with Crippen molar-refractivity contribution in [1.82, 2.24) is 4.98 Å². The molecule has 0 spiro atoms. The van der Waals surface area contributed by atoms with Gasteiger partial charge in [-0.3, -0.25) is 4.98 Å². The van der Waals surface area contributed by atoms with Gasteiger partial charge in [-0.05, 0) is 31.2 Å². The third-order valence-electron chi connectivity index (χ3n) is 7.87. The van der Waals surface area contributed by atoms with Crippen LogP contribution in [0.15, 0.2) is 49.1 Å². The SMILES string of the molecule is CCCCCCCCCCCCCC(Cc1ccccc1)C(CCCCCCCC)[n+]1cc[nH]c1. The Balaban J connectivity index is 1.81. The number of nitrogens with one attached hydrogen (secondary N) is 1. The van der Waals surface area contributed by atoms with Crippen LogP contribution in [0.2, 0.25) is 0 Å². The number of nitrogens with zero attached hydrogens (tertiary/aromatic N) is 1. The molecule has 1 N–H and O–H groups in total. The number of aromatic nitrogens is 2. The second kappa shape index (κ2) is 20.6. The van der Waals surface area contributed by atoms with Gasteiger partial charge < -0.3 is 0 Å². The van der Waals surface area contributed by atoms with Gasteiger partial charge in [0.2, 0.25) is 6.33 Å². The quantitative estimate of drug-likeness (QED) is 0.120. The highest BCUT2D eigenvalue weighted by atomic mass is 15.1. The van der Waals surface area contributed by atoms with E-state index in [0.29, 0.717) is 12.0 Å². The molecule has 1 heterocycles. The van der Waals surface area contributed by atoms with E-state index in [-0.39, 0.29) is 0 Å². The average molecular weight is 482 g/mol. The highest BCUT2D eigenvalue weighted by Crippen LogP contribution is 2.29. The first-order valence-electron chi connectivity index (χ1n) is 15.4. The summed E-state index contributed by atoms with van der Waals surface area (Å²) in [6.45, 7) is 4.61. The molecule has 1 aromatic heterocycles. The Morgan fingerprint density at radius 1 is 0.629 bits per heavy atom. The fraction of sp³-hybridized carbons (Fsp3) is 0.727. The predicted molar refractivity (Wildman–Crippen MR) is 153 cm³/mol. The zero-order valence-electron chi connectivity index (χ0n) is 23.4. The summed E-state index contributed by atoms with van der Waals surface area (Å²) in [5.74, 6) is 0.715. The van der Waals surface area contributed by atoms with Gasteiger partial charge in [0.15, 0.2) is 0 Å². The monoisotopic (exact) mass is 481 g/mol. The van der Waals surface area contributed by atoms with E-state index in [2.05, 4.69) is 72.5 Å². The van der Waals surface area contributed by atoms with Gasteiger partial charge in [0.25, 0.3) is 0 Å². The Bertz CT molecular complexity index is 678. The summed E-state index contributed by atoms with van der Waals surface area (Å²) in [4.78, 5) is 3.32. The van der Waals surface area contributed by atoms with Crippen molar-refractivity contribution < 1.29 is 4.57 Å². The van der Waals surface area contributed by atoms with Crippen molar-refractivity contribution in [2.24, 2.45) is 5.92 Å². The summed E-state index contributed by atoms with van der Waals surface area (Å²) < 4.78 is 2.48. The Labute approximate surface area is 218 Å². The molecule has 0 saturated carbocycles. The van der Waals surface area contributed by atoms with E-state index in [0.717, 1.165) is 0 Å². The number of aromatic amines is 1. The molecule has 2 unspecified atom stereocenters. The van der Waals surface area contributed by atoms with Crippen molar-refractivity contribution >= 4 is 0 Å². The smallest absolute Gasteiger partial charge is 0.241 e. The largest absolute Gasteiger partial charge is 0.250 e. The van der Waals surface area contributed by atoms with Crippen molar-refractivity contribution in [3.8, 4) is 0 Å². The van der Waals surface area contributed by atoms with E-state index in [9.17, 15) is 0 Å². The first-order chi connectivity index (χ1) is 17.3. The third kappa shape index (κ3) is 13.9. The molecule has 35 heavy (non-hydrogen) atoms. The zero-order valence-corrected chi connectivity index (χ0v) is 23.4. The van der Waals surface area contributed by atoms with Gasteiger partial charge in [-0.1, -0.05) is 147 Å². The van der Waals surface area contributed by atoms with Gasteiger partial charge in [0.05, 0.1) is 0 Å². The lowest BCUT2D eigenvalue weighted by molar-refractivity contribution is -0.730. The highest BCUT2D eigenvalue weighted by Gasteiger charge is 2.26. The number of rotatable bonds is 23. The Morgan fingerprint density at radius 2 is 1.14 bits per heavy atom. The molecule has 0 saturated heterocycles. The van der Waals surface area contributed by atoms with Crippen LogP contribution in [0.25, 0.3) is 0 Å². The Hall–Kier alpha value is -1.57. The predicted octanol–water partition coefficient (Wildman–Crippen LogP) is 10.2. The number of hydrogen-bond acceptors (Lipinski definition) is 0. The van der Waals surface area contributed by atoms with Crippen LogP contribution in [0.3, 0.4) is 0 Å². The van der Waals surface area contributed by atoms with E-state index >= 15 is 0 Å². The Morgan fingerprint density at radius 3 is 1.66 bits per heavy atom.